The summed E-state index contributed by atoms with van der Waals surface area (Å²) in [5.74, 6) is 0. The van der Waals surface area contributed by atoms with Crippen molar-refractivity contribution in [2.45, 2.75) is 47.6 Å². The van der Waals surface area contributed by atoms with Crippen molar-refractivity contribution in [1.82, 2.24) is 0 Å². The average molecular weight is 308 g/mol. The topological polar surface area (TPSA) is 6.48 Å². The van der Waals surface area contributed by atoms with E-state index >= 15 is 0 Å². The van der Waals surface area contributed by atoms with Crippen molar-refractivity contribution in [3.8, 4) is 0 Å². The molecular weight excluding hydrogens is 280 g/mol. The standard InChI is InChI=1S/C21H28N2/c1-14-7-8-20(16(3)9-14)23-13-22(12-19(23)6)21-17(4)10-15(2)11-18(21)5/h7-11,19H,12-13H2,1-6H3. The molecule has 1 atom stereocenters. The monoisotopic (exact) mass is 308 g/mol. The molecule has 2 heteroatoms. The Labute approximate surface area is 140 Å². The van der Waals surface area contributed by atoms with Crippen molar-refractivity contribution in [3.63, 3.8) is 0 Å². The Morgan fingerprint density at radius 1 is 0.826 bits per heavy atom. The van der Waals surface area contributed by atoms with Crippen LogP contribution in [0, 0.1) is 34.6 Å². The van der Waals surface area contributed by atoms with Gasteiger partial charge in [-0.2, -0.15) is 0 Å². The maximum atomic E-state index is 2.54. The predicted molar refractivity (Wildman–Crippen MR) is 101 cm³/mol. The summed E-state index contributed by atoms with van der Waals surface area (Å²) in [6, 6.07) is 11.9. The highest BCUT2D eigenvalue weighted by atomic mass is 15.4. The Morgan fingerprint density at radius 2 is 1.43 bits per heavy atom. The second-order valence-corrected chi connectivity index (χ2v) is 7.22. The smallest absolute Gasteiger partial charge is 0.0907 e. The summed E-state index contributed by atoms with van der Waals surface area (Å²) in [4.78, 5) is 5.07. The van der Waals surface area contributed by atoms with Crippen LogP contribution in [0.1, 0.15) is 34.7 Å². The molecule has 2 aromatic carbocycles. The minimum absolute atomic E-state index is 0.525. The van der Waals surface area contributed by atoms with Crippen LogP contribution in [0.25, 0.3) is 0 Å². The maximum absolute atomic E-state index is 2.54. The number of nitrogens with zero attached hydrogens (tertiary/aromatic N) is 2. The Hall–Kier alpha value is -1.96. The quantitative estimate of drug-likeness (QED) is 0.778. The van der Waals surface area contributed by atoms with Gasteiger partial charge in [0.05, 0.1) is 6.67 Å². The molecule has 0 saturated carbocycles. The van der Waals surface area contributed by atoms with Gasteiger partial charge < -0.3 is 9.80 Å². The van der Waals surface area contributed by atoms with E-state index in [-0.39, 0.29) is 0 Å². The lowest BCUT2D eigenvalue weighted by Crippen LogP contribution is -2.29. The fourth-order valence-electron chi connectivity index (χ4n) is 4.07. The van der Waals surface area contributed by atoms with Crippen LogP contribution in [0.15, 0.2) is 30.3 Å². The minimum atomic E-state index is 0.525. The fourth-order valence-corrected chi connectivity index (χ4v) is 4.07. The van der Waals surface area contributed by atoms with Crippen LogP contribution in [0.4, 0.5) is 11.4 Å². The van der Waals surface area contributed by atoms with E-state index in [2.05, 4.69) is 81.7 Å². The first kappa shape index (κ1) is 15.9. The molecule has 0 N–H and O–H groups in total. The van der Waals surface area contributed by atoms with Crippen molar-refractivity contribution < 1.29 is 0 Å². The van der Waals surface area contributed by atoms with E-state index in [1.807, 2.05) is 0 Å². The van der Waals surface area contributed by atoms with Gasteiger partial charge >= 0.3 is 0 Å². The SMILES string of the molecule is Cc1ccc(N2CN(c3c(C)cc(C)cc3C)CC2C)c(C)c1. The Balaban J connectivity index is 1.92. The zero-order valence-corrected chi connectivity index (χ0v) is 15.3. The van der Waals surface area contributed by atoms with Crippen LogP contribution in [0.2, 0.25) is 0 Å². The van der Waals surface area contributed by atoms with Gasteiger partial charge in [0.15, 0.2) is 0 Å². The number of rotatable bonds is 2. The zero-order chi connectivity index (χ0) is 16.7. The van der Waals surface area contributed by atoms with Gasteiger partial charge in [-0.25, -0.2) is 0 Å². The summed E-state index contributed by atoms with van der Waals surface area (Å²) in [5.41, 5.74) is 9.61. The molecule has 0 bridgehead atoms. The van der Waals surface area contributed by atoms with Crippen molar-refractivity contribution in [3.05, 3.63) is 58.1 Å². The molecular formula is C21H28N2. The van der Waals surface area contributed by atoms with Crippen LogP contribution in [-0.2, 0) is 0 Å². The number of aryl methyl sites for hydroxylation is 5. The summed E-state index contributed by atoms with van der Waals surface area (Å²) < 4.78 is 0. The lowest BCUT2D eigenvalue weighted by atomic mass is 10.0. The molecule has 0 spiro atoms. The van der Waals surface area contributed by atoms with E-state index < -0.39 is 0 Å². The second kappa shape index (κ2) is 5.92. The molecule has 23 heavy (non-hydrogen) atoms. The first-order chi connectivity index (χ1) is 10.9. The third-order valence-electron chi connectivity index (χ3n) is 4.95. The van der Waals surface area contributed by atoms with E-state index in [0.29, 0.717) is 6.04 Å². The lowest BCUT2D eigenvalue weighted by molar-refractivity contribution is 0.775. The van der Waals surface area contributed by atoms with Gasteiger partial charge in [0.2, 0.25) is 0 Å². The zero-order valence-electron chi connectivity index (χ0n) is 15.3. The first-order valence-electron chi connectivity index (χ1n) is 8.53. The molecule has 1 saturated heterocycles. The van der Waals surface area contributed by atoms with Gasteiger partial charge in [0.25, 0.3) is 0 Å². The molecule has 122 valence electrons. The molecule has 1 aliphatic rings. The molecule has 1 fully saturated rings. The Kier molecular flexibility index (Phi) is 4.09. The van der Waals surface area contributed by atoms with Gasteiger partial charge in [-0.3, -0.25) is 0 Å². The number of hydrogen-bond donors (Lipinski definition) is 0. The van der Waals surface area contributed by atoms with Crippen LogP contribution < -0.4 is 9.80 Å². The molecule has 1 unspecified atom stereocenters. The molecule has 1 aliphatic heterocycles. The lowest BCUT2D eigenvalue weighted by Gasteiger charge is -2.26. The van der Waals surface area contributed by atoms with E-state index in [1.165, 1.54) is 39.2 Å². The van der Waals surface area contributed by atoms with Crippen LogP contribution >= 0.6 is 0 Å². The minimum Gasteiger partial charge on any atom is -0.351 e. The second-order valence-electron chi connectivity index (χ2n) is 7.22. The highest BCUT2D eigenvalue weighted by molar-refractivity contribution is 5.65. The third kappa shape index (κ3) is 2.95. The van der Waals surface area contributed by atoms with Gasteiger partial charge in [-0.05, 0) is 64.3 Å². The van der Waals surface area contributed by atoms with Gasteiger partial charge in [-0.1, -0.05) is 35.4 Å². The summed E-state index contributed by atoms with van der Waals surface area (Å²) >= 11 is 0. The Bertz CT molecular complexity index is 710. The summed E-state index contributed by atoms with van der Waals surface area (Å²) in [6.45, 7) is 15.4. The number of benzene rings is 2. The van der Waals surface area contributed by atoms with Crippen molar-refractivity contribution in [2.24, 2.45) is 0 Å². The van der Waals surface area contributed by atoms with Crippen molar-refractivity contribution in [2.75, 3.05) is 23.0 Å². The fraction of sp³-hybridized carbons (Fsp3) is 0.429. The van der Waals surface area contributed by atoms with Gasteiger partial charge in [0.1, 0.15) is 0 Å². The van der Waals surface area contributed by atoms with Crippen LogP contribution in [-0.4, -0.2) is 19.3 Å². The van der Waals surface area contributed by atoms with Crippen molar-refractivity contribution in [1.29, 1.82) is 0 Å². The molecule has 1 heterocycles. The van der Waals surface area contributed by atoms with Gasteiger partial charge in [0, 0.05) is 24.0 Å². The number of anilines is 2. The molecule has 2 nitrogen and oxygen atoms in total. The third-order valence-corrected chi connectivity index (χ3v) is 4.95. The Morgan fingerprint density at radius 3 is 2.04 bits per heavy atom. The van der Waals surface area contributed by atoms with E-state index in [0.717, 1.165) is 13.2 Å². The predicted octanol–water partition coefficient (Wildman–Crippen LogP) is 4.90. The molecule has 3 rings (SSSR count). The van der Waals surface area contributed by atoms with Crippen LogP contribution in [0.3, 0.4) is 0 Å². The molecule has 0 radical (unpaired) electrons. The first-order valence-corrected chi connectivity index (χ1v) is 8.53. The van der Waals surface area contributed by atoms with E-state index in [4.69, 9.17) is 0 Å². The highest BCUT2D eigenvalue weighted by Gasteiger charge is 2.29. The maximum Gasteiger partial charge on any atom is 0.0907 e. The van der Waals surface area contributed by atoms with Gasteiger partial charge in [-0.15, -0.1) is 0 Å². The van der Waals surface area contributed by atoms with E-state index in [1.54, 1.807) is 0 Å². The molecule has 0 amide bonds. The molecule has 0 aromatic heterocycles. The van der Waals surface area contributed by atoms with E-state index in [9.17, 15) is 0 Å². The number of hydrogen-bond acceptors (Lipinski definition) is 2. The average Bonchev–Trinajstić information content (AvgIpc) is 2.79. The largest absolute Gasteiger partial charge is 0.351 e. The molecule has 0 aliphatic carbocycles. The van der Waals surface area contributed by atoms with Crippen LogP contribution in [0.5, 0.6) is 0 Å². The summed E-state index contributed by atoms with van der Waals surface area (Å²) in [7, 11) is 0. The molecule has 2 aromatic rings. The van der Waals surface area contributed by atoms with Crippen molar-refractivity contribution >= 4 is 11.4 Å². The highest BCUT2D eigenvalue weighted by Crippen LogP contribution is 2.33. The summed E-state index contributed by atoms with van der Waals surface area (Å²) in [5, 5.41) is 0. The summed E-state index contributed by atoms with van der Waals surface area (Å²) in [6.07, 6.45) is 0. The normalized spacial score (nSPS) is 17.9.